The van der Waals surface area contributed by atoms with Gasteiger partial charge in [0.05, 0.1) is 6.10 Å². The van der Waals surface area contributed by atoms with Gasteiger partial charge < -0.3 is 20.7 Å². The number of aliphatic hydroxyl groups is 1. The number of primary amides is 1. The highest BCUT2D eigenvalue weighted by atomic mass is 16.3. The Morgan fingerprint density at radius 1 is 1.17 bits per heavy atom. The van der Waals surface area contributed by atoms with E-state index in [4.69, 9.17) is 5.73 Å². The number of hydrogen-bond donors (Lipinski definition) is 3. The second kappa shape index (κ2) is 9.04. The number of nitrogens with two attached hydrogens (primary N) is 1. The number of aryl methyl sites for hydroxylation is 2. The van der Waals surface area contributed by atoms with Gasteiger partial charge in [-0.1, -0.05) is 0 Å². The Morgan fingerprint density at radius 2 is 1.83 bits per heavy atom. The molecule has 1 fully saturated rings. The van der Waals surface area contributed by atoms with Crippen molar-refractivity contribution in [2.75, 3.05) is 11.4 Å². The minimum Gasteiger partial charge on any atom is -0.393 e. The lowest BCUT2D eigenvalue weighted by atomic mass is 9.90. The summed E-state index contributed by atoms with van der Waals surface area (Å²) in [4.78, 5) is 29.9. The molecule has 1 amide bonds. The number of hydrogen-bond acceptors (Lipinski definition) is 4. The third-order valence-electron chi connectivity index (χ3n) is 6.34. The zero-order chi connectivity index (χ0) is 22.0. The Morgan fingerprint density at radius 3 is 2.40 bits per heavy atom. The zero-order valence-corrected chi connectivity index (χ0v) is 18.4. The van der Waals surface area contributed by atoms with Gasteiger partial charge in [0.15, 0.2) is 0 Å². The van der Waals surface area contributed by atoms with Crippen LogP contribution in [0.2, 0.25) is 0 Å². The van der Waals surface area contributed by atoms with Gasteiger partial charge >= 0.3 is 0 Å². The summed E-state index contributed by atoms with van der Waals surface area (Å²) in [5, 5.41) is 9.89. The Kier molecular flexibility index (Phi) is 6.66. The second-order valence-electron chi connectivity index (χ2n) is 8.52. The van der Waals surface area contributed by atoms with Gasteiger partial charge in [-0.3, -0.25) is 9.59 Å². The predicted octanol–water partition coefficient (Wildman–Crippen LogP) is 3.12. The molecule has 0 atom stereocenters. The van der Waals surface area contributed by atoms with Crippen LogP contribution in [0.1, 0.15) is 70.9 Å². The summed E-state index contributed by atoms with van der Waals surface area (Å²) in [5.74, 6) is -0.458. The number of anilines is 1. The third-order valence-corrected chi connectivity index (χ3v) is 6.34. The van der Waals surface area contributed by atoms with E-state index >= 15 is 0 Å². The molecule has 0 spiro atoms. The minimum absolute atomic E-state index is 0.0936. The fourth-order valence-electron chi connectivity index (χ4n) is 4.71. The quantitative estimate of drug-likeness (QED) is 0.680. The molecule has 1 heterocycles. The molecule has 1 aliphatic carbocycles. The van der Waals surface area contributed by atoms with Crippen LogP contribution in [0.25, 0.3) is 0 Å². The van der Waals surface area contributed by atoms with Crippen LogP contribution < -0.4 is 16.2 Å². The molecule has 3 rings (SSSR count). The van der Waals surface area contributed by atoms with E-state index in [2.05, 4.69) is 22.9 Å². The zero-order valence-electron chi connectivity index (χ0n) is 18.4. The molecule has 0 radical (unpaired) electrons. The van der Waals surface area contributed by atoms with E-state index in [-0.39, 0.29) is 11.7 Å². The van der Waals surface area contributed by atoms with Gasteiger partial charge in [0.1, 0.15) is 0 Å². The maximum atomic E-state index is 12.5. The van der Waals surface area contributed by atoms with Crippen molar-refractivity contribution >= 4 is 11.6 Å². The Labute approximate surface area is 178 Å². The summed E-state index contributed by atoms with van der Waals surface area (Å²) < 4.78 is 0. The normalized spacial score (nSPS) is 19.0. The monoisotopic (exact) mass is 411 g/mol. The van der Waals surface area contributed by atoms with Crippen molar-refractivity contribution in [3.8, 4) is 0 Å². The number of amides is 1. The van der Waals surface area contributed by atoms with Crippen LogP contribution in [0.4, 0.5) is 5.69 Å². The van der Waals surface area contributed by atoms with E-state index in [1.54, 1.807) is 0 Å². The van der Waals surface area contributed by atoms with Crippen molar-refractivity contribution in [3.05, 3.63) is 62.1 Å². The highest BCUT2D eigenvalue weighted by Crippen LogP contribution is 2.32. The summed E-state index contributed by atoms with van der Waals surface area (Å²) in [7, 11) is 0. The Balaban J connectivity index is 2.05. The van der Waals surface area contributed by atoms with E-state index in [0.717, 1.165) is 60.3 Å². The number of aliphatic hydroxyl groups excluding tert-OH is 1. The fraction of sp³-hybridized carbons (Fsp3) is 0.500. The van der Waals surface area contributed by atoms with E-state index in [1.165, 1.54) is 0 Å². The van der Waals surface area contributed by atoms with Crippen LogP contribution in [0.5, 0.6) is 0 Å². The lowest BCUT2D eigenvalue weighted by molar-refractivity contribution is 0.0999. The van der Waals surface area contributed by atoms with E-state index in [1.807, 2.05) is 32.9 Å². The van der Waals surface area contributed by atoms with Crippen molar-refractivity contribution in [2.45, 2.75) is 71.9 Å². The first kappa shape index (κ1) is 22.1. The SMILES string of the molecule is CCN(c1cc(Cc2c(C)cc(C)[nH]c2=O)cc(C(N)=O)c1C)C1CCC(O)CC1. The summed E-state index contributed by atoms with van der Waals surface area (Å²) in [6.45, 7) is 8.65. The number of H-pyrrole nitrogens is 1. The molecule has 30 heavy (non-hydrogen) atoms. The average molecular weight is 412 g/mol. The number of rotatable bonds is 6. The van der Waals surface area contributed by atoms with Gasteiger partial charge in [-0.25, -0.2) is 0 Å². The Hall–Kier alpha value is -2.60. The first-order valence-electron chi connectivity index (χ1n) is 10.8. The molecule has 6 heteroatoms. The predicted molar refractivity (Wildman–Crippen MR) is 120 cm³/mol. The molecule has 1 aromatic heterocycles. The number of benzene rings is 1. The third kappa shape index (κ3) is 4.59. The molecular weight excluding hydrogens is 378 g/mol. The highest BCUT2D eigenvalue weighted by molar-refractivity contribution is 5.96. The second-order valence-corrected chi connectivity index (χ2v) is 8.52. The minimum atomic E-state index is -0.458. The molecule has 1 aromatic carbocycles. The van der Waals surface area contributed by atoms with Gasteiger partial charge in [-0.15, -0.1) is 0 Å². The standard InChI is InChI=1S/C24H33N3O3/c1-5-27(18-6-8-19(28)9-7-18)22-13-17(12-21(16(22)4)23(25)29)11-20-14(2)10-15(3)26-24(20)30/h10,12-13,18-19,28H,5-9,11H2,1-4H3,(H2,25,29)(H,26,30). The molecule has 0 saturated heterocycles. The largest absolute Gasteiger partial charge is 0.393 e. The van der Waals surface area contributed by atoms with Crippen molar-refractivity contribution in [1.82, 2.24) is 4.98 Å². The average Bonchev–Trinajstić information content (AvgIpc) is 2.68. The maximum absolute atomic E-state index is 12.5. The van der Waals surface area contributed by atoms with E-state index in [9.17, 15) is 14.7 Å². The van der Waals surface area contributed by atoms with Gasteiger partial charge in [-0.2, -0.15) is 0 Å². The molecular formula is C24H33N3O3. The number of carbonyl (C=O) groups excluding carboxylic acids is 1. The Bertz CT molecular complexity index is 988. The molecule has 1 saturated carbocycles. The lowest BCUT2D eigenvalue weighted by Gasteiger charge is -2.38. The number of carbonyl (C=O) groups is 1. The molecule has 162 valence electrons. The maximum Gasteiger partial charge on any atom is 0.251 e. The molecule has 4 N–H and O–H groups in total. The topological polar surface area (TPSA) is 99.4 Å². The first-order valence-corrected chi connectivity index (χ1v) is 10.8. The van der Waals surface area contributed by atoms with Crippen molar-refractivity contribution in [1.29, 1.82) is 0 Å². The number of pyridine rings is 1. The van der Waals surface area contributed by atoms with Crippen LogP contribution in [-0.2, 0) is 6.42 Å². The summed E-state index contributed by atoms with van der Waals surface area (Å²) in [5.41, 5.74) is 11.3. The van der Waals surface area contributed by atoms with E-state index < -0.39 is 5.91 Å². The van der Waals surface area contributed by atoms with Gasteiger partial charge in [0.2, 0.25) is 5.91 Å². The van der Waals surface area contributed by atoms with Crippen LogP contribution in [-0.4, -0.2) is 34.7 Å². The van der Waals surface area contributed by atoms with Crippen molar-refractivity contribution < 1.29 is 9.90 Å². The van der Waals surface area contributed by atoms with E-state index in [0.29, 0.717) is 23.6 Å². The molecule has 0 bridgehead atoms. The molecule has 2 aromatic rings. The summed E-state index contributed by atoms with van der Waals surface area (Å²) in [6, 6.07) is 6.19. The van der Waals surface area contributed by atoms with Crippen LogP contribution in [0.15, 0.2) is 23.0 Å². The first-order chi connectivity index (χ1) is 14.2. The van der Waals surface area contributed by atoms with Gasteiger partial charge in [-0.05, 0) is 88.3 Å². The van der Waals surface area contributed by atoms with Crippen LogP contribution in [0.3, 0.4) is 0 Å². The molecule has 1 aliphatic rings. The number of aromatic nitrogens is 1. The van der Waals surface area contributed by atoms with Crippen molar-refractivity contribution in [2.24, 2.45) is 5.73 Å². The summed E-state index contributed by atoms with van der Waals surface area (Å²) >= 11 is 0. The fourth-order valence-corrected chi connectivity index (χ4v) is 4.71. The molecule has 0 aliphatic heterocycles. The highest BCUT2D eigenvalue weighted by Gasteiger charge is 2.26. The summed E-state index contributed by atoms with van der Waals surface area (Å²) in [6.07, 6.45) is 3.64. The number of aromatic amines is 1. The van der Waals surface area contributed by atoms with Gasteiger partial charge in [0, 0.05) is 41.5 Å². The number of nitrogens with zero attached hydrogens (tertiary/aromatic N) is 1. The van der Waals surface area contributed by atoms with Gasteiger partial charge in [0.25, 0.3) is 5.56 Å². The number of nitrogens with one attached hydrogen (secondary N) is 1. The van der Waals surface area contributed by atoms with Crippen molar-refractivity contribution in [3.63, 3.8) is 0 Å². The van der Waals surface area contributed by atoms with Crippen LogP contribution >= 0.6 is 0 Å². The molecule has 0 unspecified atom stereocenters. The molecule has 6 nitrogen and oxygen atoms in total. The smallest absolute Gasteiger partial charge is 0.251 e. The lowest BCUT2D eigenvalue weighted by Crippen LogP contribution is -2.39. The van der Waals surface area contributed by atoms with Crippen LogP contribution in [0, 0.1) is 20.8 Å².